The lowest BCUT2D eigenvalue weighted by Crippen LogP contribution is -2.24. The van der Waals surface area contributed by atoms with Crippen LogP contribution in [0.1, 0.15) is 87.4 Å². The molecule has 2 atom stereocenters. The topological polar surface area (TPSA) is 118 Å². The number of carbonyl (C=O) groups is 2. The summed E-state index contributed by atoms with van der Waals surface area (Å²) >= 11 is 1.00. The Labute approximate surface area is 235 Å². The molecular weight excluding hydrogens is 512 g/mol. The molecule has 0 radical (unpaired) electrons. The third kappa shape index (κ3) is 10.1. The minimum absolute atomic E-state index is 0.203. The number of aliphatic carboxylic acids is 2. The van der Waals surface area contributed by atoms with Crippen molar-refractivity contribution < 1.29 is 19.8 Å². The summed E-state index contributed by atoms with van der Waals surface area (Å²) in [5, 5.41) is 30.1. The second-order valence-electron chi connectivity index (χ2n) is 9.90. The average molecular weight is 553 g/mol. The van der Waals surface area contributed by atoms with Crippen molar-refractivity contribution in [2.75, 3.05) is 0 Å². The Morgan fingerprint density at radius 3 is 2.00 bits per heavy atom. The molecule has 0 amide bonds. The van der Waals surface area contributed by atoms with E-state index in [1.807, 2.05) is 18.2 Å². The van der Waals surface area contributed by atoms with E-state index in [0.717, 1.165) is 36.6 Å². The van der Waals surface area contributed by atoms with Crippen LogP contribution in [-0.2, 0) is 28.9 Å². The first kappa shape index (κ1) is 30.3. The second kappa shape index (κ2) is 16.7. The van der Waals surface area contributed by atoms with Crippen LogP contribution < -0.4 is 0 Å². The van der Waals surface area contributed by atoms with Crippen LogP contribution >= 0.6 is 11.8 Å². The molecule has 8 nitrogen and oxygen atoms in total. The van der Waals surface area contributed by atoms with E-state index in [1.54, 1.807) is 6.92 Å². The van der Waals surface area contributed by atoms with Gasteiger partial charge in [0.25, 0.3) is 0 Å². The van der Waals surface area contributed by atoms with Crippen molar-refractivity contribution in [3.63, 3.8) is 0 Å². The standard InChI is InChI=1S/C30H40N4O4S/c1-2-26(28(35)36)34-30(31-32-33-34)39-27(29(37)38)22-25-21-15-14-20-24(25)19-13-8-6-4-3-5-7-10-16-23-17-11-9-12-18-23/h9,11-12,14-15,17-18,20-21,26-27H,2-8,10,13,16,19,22H2,1H3,(H,35,36)(H,37,38). The van der Waals surface area contributed by atoms with E-state index in [-0.39, 0.29) is 5.16 Å². The van der Waals surface area contributed by atoms with Crippen LogP contribution in [0.3, 0.4) is 0 Å². The van der Waals surface area contributed by atoms with Crippen molar-refractivity contribution in [1.29, 1.82) is 0 Å². The van der Waals surface area contributed by atoms with Crippen LogP contribution in [0.25, 0.3) is 0 Å². The number of aryl methyl sites for hydroxylation is 2. The van der Waals surface area contributed by atoms with Gasteiger partial charge in [-0.1, -0.05) is 112 Å². The van der Waals surface area contributed by atoms with Crippen molar-refractivity contribution in [2.24, 2.45) is 0 Å². The Bertz CT molecular complexity index is 1150. The smallest absolute Gasteiger partial charge is 0.328 e. The van der Waals surface area contributed by atoms with E-state index in [2.05, 4.69) is 51.9 Å². The van der Waals surface area contributed by atoms with Gasteiger partial charge >= 0.3 is 11.9 Å². The molecule has 2 aromatic carbocycles. The van der Waals surface area contributed by atoms with Gasteiger partial charge in [0, 0.05) is 0 Å². The summed E-state index contributed by atoms with van der Waals surface area (Å²) in [6, 6.07) is 17.7. The van der Waals surface area contributed by atoms with Crippen molar-refractivity contribution in [3.05, 3.63) is 71.3 Å². The minimum Gasteiger partial charge on any atom is -0.480 e. The summed E-state index contributed by atoms with van der Waals surface area (Å²) in [7, 11) is 0. The molecule has 1 aromatic heterocycles. The van der Waals surface area contributed by atoms with Gasteiger partial charge in [0.1, 0.15) is 5.25 Å². The fraction of sp³-hybridized carbons (Fsp3) is 0.500. The first-order valence-corrected chi connectivity index (χ1v) is 14.9. The molecule has 0 aliphatic heterocycles. The lowest BCUT2D eigenvalue weighted by atomic mass is 9.97. The van der Waals surface area contributed by atoms with Gasteiger partial charge in [-0.05, 0) is 65.6 Å². The van der Waals surface area contributed by atoms with Gasteiger partial charge in [-0.25, -0.2) is 9.48 Å². The summed E-state index contributed by atoms with van der Waals surface area (Å²) in [5.74, 6) is -2.02. The first-order valence-electron chi connectivity index (χ1n) is 14.0. The van der Waals surface area contributed by atoms with Crippen molar-refractivity contribution in [2.45, 2.75) is 100 Å². The maximum atomic E-state index is 12.1. The highest BCUT2D eigenvalue weighted by Gasteiger charge is 2.28. The van der Waals surface area contributed by atoms with Crippen LogP contribution in [0.5, 0.6) is 0 Å². The van der Waals surface area contributed by atoms with Gasteiger partial charge in [-0.2, -0.15) is 0 Å². The molecule has 0 aliphatic rings. The van der Waals surface area contributed by atoms with E-state index in [9.17, 15) is 19.8 Å². The number of benzene rings is 2. The van der Waals surface area contributed by atoms with E-state index in [1.165, 1.54) is 60.8 Å². The number of tetrazole rings is 1. The van der Waals surface area contributed by atoms with Crippen molar-refractivity contribution >= 4 is 23.7 Å². The monoisotopic (exact) mass is 552 g/mol. The number of carboxylic acids is 2. The summed E-state index contributed by atoms with van der Waals surface area (Å²) in [4.78, 5) is 23.7. The number of aromatic nitrogens is 4. The summed E-state index contributed by atoms with van der Waals surface area (Å²) in [6.45, 7) is 1.73. The van der Waals surface area contributed by atoms with E-state index >= 15 is 0 Å². The zero-order chi connectivity index (χ0) is 27.9. The Balaban J connectivity index is 1.42. The predicted octanol–water partition coefficient (Wildman–Crippen LogP) is 6.40. The minimum atomic E-state index is -1.05. The number of rotatable bonds is 19. The molecule has 3 aromatic rings. The van der Waals surface area contributed by atoms with E-state index in [0.29, 0.717) is 12.8 Å². The van der Waals surface area contributed by atoms with Crippen LogP contribution in [0.4, 0.5) is 0 Å². The number of carboxylic acid groups (broad SMARTS) is 2. The quantitative estimate of drug-likeness (QED) is 0.129. The van der Waals surface area contributed by atoms with E-state index in [4.69, 9.17) is 0 Å². The van der Waals surface area contributed by atoms with Gasteiger partial charge < -0.3 is 10.2 Å². The SMILES string of the molecule is CCC(C(=O)O)n1nnnc1SC(Cc1ccccc1CCCCCCCCCCc1ccccc1)C(=O)O. The zero-order valence-electron chi connectivity index (χ0n) is 22.7. The Hall–Kier alpha value is -3.20. The van der Waals surface area contributed by atoms with Crippen LogP contribution in [-0.4, -0.2) is 47.6 Å². The second-order valence-corrected chi connectivity index (χ2v) is 11.1. The molecule has 1 heterocycles. The summed E-state index contributed by atoms with van der Waals surface area (Å²) in [6.07, 6.45) is 12.5. The maximum absolute atomic E-state index is 12.1. The lowest BCUT2D eigenvalue weighted by molar-refractivity contribution is -0.141. The normalized spacial score (nSPS) is 12.7. The van der Waals surface area contributed by atoms with Crippen molar-refractivity contribution in [3.8, 4) is 0 Å². The molecule has 0 saturated carbocycles. The Morgan fingerprint density at radius 1 is 0.795 bits per heavy atom. The third-order valence-electron chi connectivity index (χ3n) is 6.98. The molecule has 210 valence electrons. The fourth-order valence-corrected chi connectivity index (χ4v) is 5.74. The molecular formula is C30H40N4O4S. The largest absolute Gasteiger partial charge is 0.480 e. The van der Waals surface area contributed by atoms with Crippen LogP contribution in [0.15, 0.2) is 59.8 Å². The fourth-order valence-electron chi connectivity index (χ4n) is 4.77. The highest BCUT2D eigenvalue weighted by molar-refractivity contribution is 8.00. The zero-order valence-corrected chi connectivity index (χ0v) is 23.6. The van der Waals surface area contributed by atoms with Gasteiger partial charge in [-0.15, -0.1) is 5.10 Å². The van der Waals surface area contributed by atoms with Crippen LogP contribution in [0.2, 0.25) is 0 Å². The highest BCUT2D eigenvalue weighted by atomic mass is 32.2. The maximum Gasteiger partial charge on any atom is 0.328 e. The third-order valence-corrected chi connectivity index (χ3v) is 8.11. The van der Waals surface area contributed by atoms with Gasteiger partial charge in [0.05, 0.1) is 0 Å². The van der Waals surface area contributed by atoms with Gasteiger partial charge in [0.15, 0.2) is 6.04 Å². The summed E-state index contributed by atoms with van der Waals surface area (Å²) < 4.78 is 1.21. The molecule has 0 bridgehead atoms. The molecule has 0 saturated heterocycles. The lowest BCUT2D eigenvalue weighted by Gasteiger charge is -2.16. The van der Waals surface area contributed by atoms with Crippen LogP contribution in [0, 0.1) is 0 Å². The highest BCUT2D eigenvalue weighted by Crippen LogP contribution is 2.28. The predicted molar refractivity (Wildman–Crippen MR) is 153 cm³/mol. The molecule has 2 unspecified atom stereocenters. The Kier molecular flexibility index (Phi) is 13.0. The number of thioether (sulfide) groups is 1. The molecule has 0 aliphatic carbocycles. The molecule has 9 heteroatoms. The molecule has 0 fully saturated rings. The molecule has 39 heavy (non-hydrogen) atoms. The van der Waals surface area contributed by atoms with Crippen molar-refractivity contribution in [1.82, 2.24) is 20.2 Å². The number of nitrogens with zero attached hydrogens (tertiary/aromatic N) is 4. The number of unbranched alkanes of at least 4 members (excludes halogenated alkanes) is 7. The summed E-state index contributed by atoms with van der Waals surface area (Å²) in [5.41, 5.74) is 3.59. The first-order chi connectivity index (χ1) is 19.0. The number of hydrogen-bond donors (Lipinski definition) is 2. The average Bonchev–Trinajstić information content (AvgIpc) is 3.38. The number of hydrogen-bond acceptors (Lipinski definition) is 6. The Morgan fingerprint density at radius 2 is 1.38 bits per heavy atom. The van der Waals surface area contributed by atoms with E-state index < -0.39 is 23.2 Å². The molecule has 2 N–H and O–H groups in total. The van der Waals surface area contributed by atoms with Gasteiger partial charge in [-0.3, -0.25) is 4.79 Å². The molecule has 3 rings (SSSR count). The van der Waals surface area contributed by atoms with Gasteiger partial charge in [0.2, 0.25) is 5.16 Å². The molecule has 0 spiro atoms.